The van der Waals surface area contributed by atoms with E-state index in [0.717, 1.165) is 17.9 Å². The molecule has 1 aromatic rings. The van der Waals surface area contributed by atoms with Crippen molar-refractivity contribution in [2.24, 2.45) is 5.92 Å². The molecule has 0 aliphatic carbocycles. The lowest BCUT2D eigenvalue weighted by atomic mass is 10.0. The van der Waals surface area contributed by atoms with Gasteiger partial charge in [-0.1, -0.05) is 13.8 Å². The number of benzene rings is 1. The molecule has 0 spiro atoms. The Kier molecular flexibility index (Phi) is 4.82. The standard InChI is InChI=1S/C14H25N3/c1-10(2)14(9-17(4)5)16-13-7-11(3)6-12(15)8-13/h6-8,10,14,16H,9,15H2,1-5H3. The summed E-state index contributed by atoms with van der Waals surface area (Å²) in [7, 11) is 4.20. The Hall–Kier alpha value is -1.22. The number of hydrogen-bond acceptors (Lipinski definition) is 3. The van der Waals surface area contributed by atoms with Gasteiger partial charge in [0.1, 0.15) is 0 Å². The highest BCUT2D eigenvalue weighted by Gasteiger charge is 2.14. The van der Waals surface area contributed by atoms with E-state index in [1.54, 1.807) is 0 Å². The minimum absolute atomic E-state index is 0.436. The zero-order chi connectivity index (χ0) is 13.0. The van der Waals surface area contributed by atoms with Crippen molar-refractivity contribution in [1.29, 1.82) is 0 Å². The smallest absolute Gasteiger partial charge is 0.0411 e. The molecule has 0 aliphatic heterocycles. The average molecular weight is 235 g/mol. The molecule has 0 fully saturated rings. The van der Waals surface area contributed by atoms with Gasteiger partial charge in [-0.05, 0) is 50.7 Å². The van der Waals surface area contributed by atoms with Crippen LogP contribution in [0.2, 0.25) is 0 Å². The number of nitrogens with zero attached hydrogens (tertiary/aromatic N) is 1. The van der Waals surface area contributed by atoms with Crippen molar-refractivity contribution in [2.45, 2.75) is 26.8 Å². The molecular formula is C14H25N3. The second-order valence-electron chi connectivity index (χ2n) is 5.39. The van der Waals surface area contributed by atoms with Crippen molar-refractivity contribution in [3.8, 4) is 0 Å². The van der Waals surface area contributed by atoms with Crippen LogP contribution in [-0.4, -0.2) is 31.6 Å². The zero-order valence-corrected chi connectivity index (χ0v) is 11.6. The molecule has 1 atom stereocenters. The molecule has 96 valence electrons. The Morgan fingerprint density at radius 2 is 1.88 bits per heavy atom. The summed E-state index contributed by atoms with van der Waals surface area (Å²) >= 11 is 0. The molecule has 1 aromatic carbocycles. The minimum Gasteiger partial charge on any atom is -0.399 e. The Balaban J connectivity index is 2.78. The predicted octanol–water partition coefficient (Wildman–Crippen LogP) is 2.58. The van der Waals surface area contributed by atoms with Crippen molar-refractivity contribution in [1.82, 2.24) is 4.90 Å². The number of nitrogens with two attached hydrogens (primary N) is 1. The van der Waals surface area contributed by atoms with E-state index in [1.807, 2.05) is 12.1 Å². The molecule has 0 saturated heterocycles. The lowest BCUT2D eigenvalue weighted by Crippen LogP contribution is -2.36. The quantitative estimate of drug-likeness (QED) is 0.771. The molecule has 0 aliphatic rings. The molecule has 1 unspecified atom stereocenters. The fourth-order valence-corrected chi connectivity index (χ4v) is 1.93. The summed E-state index contributed by atoms with van der Waals surface area (Å²) in [6.07, 6.45) is 0. The van der Waals surface area contributed by atoms with Gasteiger partial charge in [0.15, 0.2) is 0 Å². The molecule has 1 rings (SSSR count). The topological polar surface area (TPSA) is 41.3 Å². The number of rotatable bonds is 5. The molecule has 3 heteroatoms. The molecule has 0 heterocycles. The molecular weight excluding hydrogens is 210 g/mol. The molecule has 3 nitrogen and oxygen atoms in total. The van der Waals surface area contributed by atoms with E-state index >= 15 is 0 Å². The zero-order valence-electron chi connectivity index (χ0n) is 11.6. The number of nitrogens with one attached hydrogen (secondary N) is 1. The normalized spacial score (nSPS) is 13.1. The Morgan fingerprint density at radius 1 is 1.24 bits per heavy atom. The van der Waals surface area contributed by atoms with Crippen molar-refractivity contribution in [2.75, 3.05) is 31.7 Å². The number of hydrogen-bond donors (Lipinski definition) is 2. The van der Waals surface area contributed by atoms with Gasteiger partial charge < -0.3 is 16.0 Å². The first-order chi connectivity index (χ1) is 7.88. The summed E-state index contributed by atoms with van der Waals surface area (Å²) in [5.41, 5.74) is 8.99. The highest BCUT2D eigenvalue weighted by Crippen LogP contribution is 2.18. The van der Waals surface area contributed by atoms with Crippen LogP contribution < -0.4 is 11.1 Å². The summed E-state index contributed by atoms with van der Waals surface area (Å²) in [6, 6.07) is 6.56. The first kappa shape index (κ1) is 13.8. The van der Waals surface area contributed by atoms with Gasteiger partial charge in [-0.25, -0.2) is 0 Å². The molecule has 0 amide bonds. The summed E-state index contributed by atoms with van der Waals surface area (Å²) in [5.74, 6) is 0.583. The van der Waals surface area contributed by atoms with E-state index in [9.17, 15) is 0 Å². The lowest BCUT2D eigenvalue weighted by molar-refractivity contribution is 0.344. The van der Waals surface area contributed by atoms with Gasteiger partial charge in [-0.3, -0.25) is 0 Å². The van der Waals surface area contributed by atoms with Crippen LogP contribution in [0.15, 0.2) is 18.2 Å². The first-order valence-electron chi connectivity index (χ1n) is 6.17. The monoisotopic (exact) mass is 235 g/mol. The van der Waals surface area contributed by atoms with Crippen molar-refractivity contribution in [3.05, 3.63) is 23.8 Å². The van der Waals surface area contributed by atoms with Crippen LogP contribution in [-0.2, 0) is 0 Å². The van der Waals surface area contributed by atoms with Gasteiger partial charge in [0.2, 0.25) is 0 Å². The highest BCUT2D eigenvalue weighted by molar-refractivity contribution is 5.57. The van der Waals surface area contributed by atoms with Crippen LogP contribution in [0.3, 0.4) is 0 Å². The van der Waals surface area contributed by atoms with Gasteiger partial charge in [-0.15, -0.1) is 0 Å². The summed E-state index contributed by atoms with van der Waals surface area (Å²) < 4.78 is 0. The summed E-state index contributed by atoms with van der Waals surface area (Å²) in [4.78, 5) is 2.21. The van der Waals surface area contributed by atoms with Gasteiger partial charge in [0, 0.05) is 24.0 Å². The molecule has 17 heavy (non-hydrogen) atoms. The molecule has 0 bridgehead atoms. The van der Waals surface area contributed by atoms with E-state index in [1.165, 1.54) is 5.56 Å². The maximum absolute atomic E-state index is 5.86. The SMILES string of the molecule is Cc1cc(N)cc(NC(CN(C)C)C(C)C)c1. The fraction of sp³-hybridized carbons (Fsp3) is 0.571. The summed E-state index contributed by atoms with van der Waals surface area (Å²) in [5, 5.41) is 3.57. The van der Waals surface area contributed by atoms with Crippen molar-refractivity contribution < 1.29 is 0 Å². The third-order valence-corrected chi connectivity index (χ3v) is 2.82. The Labute approximate surface area is 105 Å². The van der Waals surface area contributed by atoms with E-state index in [-0.39, 0.29) is 0 Å². The third-order valence-electron chi connectivity index (χ3n) is 2.82. The fourth-order valence-electron chi connectivity index (χ4n) is 1.93. The van der Waals surface area contributed by atoms with Crippen LogP contribution in [0.1, 0.15) is 19.4 Å². The van der Waals surface area contributed by atoms with Crippen LogP contribution in [0.25, 0.3) is 0 Å². The van der Waals surface area contributed by atoms with Crippen LogP contribution in [0.5, 0.6) is 0 Å². The third kappa shape index (κ3) is 4.65. The van der Waals surface area contributed by atoms with Gasteiger partial charge in [-0.2, -0.15) is 0 Å². The molecule has 0 saturated carbocycles. The van der Waals surface area contributed by atoms with Gasteiger partial charge >= 0.3 is 0 Å². The largest absolute Gasteiger partial charge is 0.399 e. The first-order valence-corrected chi connectivity index (χ1v) is 6.17. The Morgan fingerprint density at radius 3 is 2.35 bits per heavy atom. The van der Waals surface area contributed by atoms with E-state index < -0.39 is 0 Å². The summed E-state index contributed by atoms with van der Waals surface area (Å²) in [6.45, 7) is 7.56. The maximum atomic E-state index is 5.86. The van der Waals surface area contributed by atoms with E-state index in [4.69, 9.17) is 5.73 Å². The van der Waals surface area contributed by atoms with Crippen molar-refractivity contribution >= 4 is 11.4 Å². The van der Waals surface area contributed by atoms with E-state index in [0.29, 0.717) is 12.0 Å². The number of nitrogen functional groups attached to an aromatic ring is 1. The van der Waals surface area contributed by atoms with E-state index in [2.05, 4.69) is 51.1 Å². The Bertz CT molecular complexity index is 338. The van der Waals surface area contributed by atoms with Gasteiger partial charge in [0.25, 0.3) is 0 Å². The van der Waals surface area contributed by atoms with Crippen molar-refractivity contribution in [3.63, 3.8) is 0 Å². The highest BCUT2D eigenvalue weighted by atomic mass is 15.1. The number of likely N-dealkylation sites (N-methyl/N-ethyl adjacent to an activating group) is 1. The number of aryl methyl sites for hydroxylation is 1. The molecule has 3 N–H and O–H groups in total. The van der Waals surface area contributed by atoms with Crippen LogP contribution >= 0.6 is 0 Å². The lowest BCUT2D eigenvalue weighted by Gasteiger charge is -2.27. The van der Waals surface area contributed by atoms with Crippen LogP contribution in [0.4, 0.5) is 11.4 Å². The number of anilines is 2. The second-order valence-corrected chi connectivity index (χ2v) is 5.39. The average Bonchev–Trinajstić information content (AvgIpc) is 2.13. The van der Waals surface area contributed by atoms with Crippen LogP contribution in [0, 0.1) is 12.8 Å². The van der Waals surface area contributed by atoms with Gasteiger partial charge in [0.05, 0.1) is 0 Å². The molecule has 0 aromatic heterocycles. The predicted molar refractivity (Wildman–Crippen MR) is 76.4 cm³/mol. The maximum Gasteiger partial charge on any atom is 0.0411 e. The second kappa shape index (κ2) is 5.92. The minimum atomic E-state index is 0.436. The molecule has 0 radical (unpaired) electrons.